The number of hydrogen-bond donors (Lipinski definition) is 2. The predicted octanol–water partition coefficient (Wildman–Crippen LogP) is 4.08. The zero-order valence-electron chi connectivity index (χ0n) is 13.8. The van der Waals surface area contributed by atoms with Crippen molar-refractivity contribution in [2.75, 3.05) is 0 Å². The van der Waals surface area contributed by atoms with Crippen molar-refractivity contribution in [3.63, 3.8) is 0 Å². The van der Waals surface area contributed by atoms with E-state index in [0.717, 1.165) is 18.2 Å². The van der Waals surface area contributed by atoms with Gasteiger partial charge in [-0.1, -0.05) is 5.16 Å². The molecule has 1 aromatic carbocycles. The molecule has 5 nitrogen and oxygen atoms in total. The quantitative estimate of drug-likeness (QED) is 0.643. The number of alkyl halides is 3. The standard InChI is InChI=1S/C17H17F3N2O3/c1-16(2,3)25-22-14(15-13(24)5-4-8-21-15)11-9-10(17(18,19)20)6-7-12(11)23/h4-9,23-24H,1-3H3/b22-14+. The number of benzene rings is 1. The lowest BCUT2D eigenvalue weighted by molar-refractivity contribution is -0.137. The van der Waals surface area contributed by atoms with Crippen molar-refractivity contribution in [3.8, 4) is 11.5 Å². The minimum Gasteiger partial charge on any atom is -0.507 e. The summed E-state index contributed by atoms with van der Waals surface area (Å²) in [4.78, 5) is 9.22. The minimum absolute atomic E-state index is 0.110. The van der Waals surface area contributed by atoms with E-state index in [2.05, 4.69) is 10.1 Å². The Hall–Kier alpha value is -2.77. The molecule has 25 heavy (non-hydrogen) atoms. The van der Waals surface area contributed by atoms with Gasteiger partial charge in [0.15, 0.2) is 0 Å². The number of halogens is 3. The van der Waals surface area contributed by atoms with E-state index in [1.165, 1.54) is 18.3 Å². The maximum atomic E-state index is 13.0. The van der Waals surface area contributed by atoms with Gasteiger partial charge >= 0.3 is 6.18 Å². The van der Waals surface area contributed by atoms with Gasteiger partial charge < -0.3 is 15.1 Å². The number of phenolic OH excluding ortho intramolecular Hbond substituents is 1. The van der Waals surface area contributed by atoms with Crippen molar-refractivity contribution in [3.05, 3.63) is 53.3 Å². The van der Waals surface area contributed by atoms with E-state index in [1.54, 1.807) is 20.8 Å². The highest BCUT2D eigenvalue weighted by Gasteiger charge is 2.32. The Morgan fingerprint density at radius 2 is 1.76 bits per heavy atom. The first kappa shape index (κ1) is 18.6. The van der Waals surface area contributed by atoms with Gasteiger partial charge in [-0.2, -0.15) is 13.2 Å². The van der Waals surface area contributed by atoms with E-state index < -0.39 is 23.1 Å². The Bertz CT molecular complexity index is 796. The van der Waals surface area contributed by atoms with E-state index in [0.29, 0.717) is 0 Å². The fourth-order valence-electron chi connectivity index (χ4n) is 1.88. The van der Waals surface area contributed by atoms with Crippen LogP contribution in [0.25, 0.3) is 0 Å². The van der Waals surface area contributed by atoms with Crippen LogP contribution >= 0.6 is 0 Å². The Morgan fingerprint density at radius 3 is 2.32 bits per heavy atom. The lowest BCUT2D eigenvalue weighted by Gasteiger charge is -2.18. The topological polar surface area (TPSA) is 74.9 Å². The van der Waals surface area contributed by atoms with Crippen LogP contribution in [0, 0.1) is 0 Å². The maximum Gasteiger partial charge on any atom is 0.416 e. The molecule has 0 aliphatic carbocycles. The first-order valence-corrected chi connectivity index (χ1v) is 7.30. The minimum atomic E-state index is -4.61. The van der Waals surface area contributed by atoms with Crippen LogP contribution in [0.15, 0.2) is 41.7 Å². The first-order valence-electron chi connectivity index (χ1n) is 7.30. The maximum absolute atomic E-state index is 13.0. The van der Waals surface area contributed by atoms with E-state index >= 15 is 0 Å². The predicted molar refractivity (Wildman–Crippen MR) is 85.5 cm³/mol. The van der Waals surface area contributed by atoms with Gasteiger partial charge in [0.1, 0.15) is 28.5 Å². The molecule has 8 heteroatoms. The number of nitrogens with zero attached hydrogens (tertiary/aromatic N) is 2. The Balaban J connectivity index is 2.67. The van der Waals surface area contributed by atoms with Gasteiger partial charge in [0.05, 0.1) is 5.56 Å². The molecule has 0 saturated carbocycles. The summed E-state index contributed by atoms with van der Waals surface area (Å²) in [5.74, 6) is -0.759. The lowest BCUT2D eigenvalue weighted by Crippen LogP contribution is -2.18. The number of pyridine rings is 1. The zero-order valence-corrected chi connectivity index (χ0v) is 13.8. The number of rotatable bonds is 3. The lowest BCUT2D eigenvalue weighted by atomic mass is 10.0. The molecule has 1 heterocycles. The second-order valence-electron chi connectivity index (χ2n) is 6.24. The second-order valence-corrected chi connectivity index (χ2v) is 6.24. The first-order chi connectivity index (χ1) is 11.5. The van der Waals surface area contributed by atoms with Gasteiger partial charge in [0.25, 0.3) is 0 Å². The summed E-state index contributed by atoms with van der Waals surface area (Å²) < 4.78 is 39.0. The Labute approximate surface area is 142 Å². The molecule has 2 N–H and O–H groups in total. The summed E-state index contributed by atoms with van der Waals surface area (Å²) in [6, 6.07) is 5.14. The summed E-state index contributed by atoms with van der Waals surface area (Å²) >= 11 is 0. The van der Waals surface area contributed by atoms with Crippen molar-refractivity contribution in [2.45, 2.75) is 32.5 Å². The third-order valence-electron chi connectivity index (χ3n) is 3.00. The smallest absolute Gasteiger partial charge is 0.416 e. The Kier molecular flexibility index (Phi) is 4.92. The van der Waals surface area contributed by atoms with Crippen LogP contribution in [0.5, 0.6) is 11.5 Å². The molecule has 0 spiro atoms. The molecular weight excluding hydrogens is 337 g/mol. The zero-order chi connectivity index (χ0) is 18.8. The summed E-state index contributed by atoms with van der Waals surface area (Å²) in [5.41, 5.74) is -2.29. The number of hydrogen-bond acceptors (Lipinski definition) is 5. The van der Waals surface area contributed by atoms with Gasteiger partial charge in [-0.05, 0) is 51.1 Å². The summed E-state index contributed by atoms with van der Waals surface area (Å²) in [5, 5.41) is 23.9. The summed E-state index contributed by atoms with van der Waals surface area (Å²) in [7, 11) is 0. The van der Waals surface area contributed by atoms with Crippen molar-refractivity contribution >= 4 is 5.71 Å². The highest BCUT2D eigenvalue weighted by atomic mass is 19.4. The molecule has 0 aliphatic rings. The highest BCUT2D eigenvalue weighted by molar-refractivity contribution is 6.14. The van der Waals surface area contributed by atoms with Gasteiger partial charge in [-0.3, -0.25) is 4.98 Å². The normalized spacial score (nSPS) is 13.0. The van der Waals surface area contributed by atoms with Gasteiger partial charge in [0.2, 0.25) is 0 Å². The average Bonchev–Trinajstić information content (AvgIpc) is 2.48. The molecule has 2 aromatic rings. The van der Waals surface area contributed by atoms with Crippen molar-refractivity contribution < 1.29 is 28.2 Å². The molecule has 0 saturated heterocycles. The van der Waals surface area contributed by atoms with Crippen molar-refractivity contribution in [1.29, 1.82) is 0 Å². The summed E-state index contributed by atoms with van der Waals surface area (Å²) in [6.07, 6.45) is -3.27. The molecule has 0 atom stereocenters. The second kappa shape index (κ2) is 6.62. The highest BCUT2D eigenvalue weighted by Crippen LogP contribution is 2.34. The fraction of sp³-hybridized carbons (Fsp3) is 0.294. The van der Waals surface area contributed by atoms with Crippen molar-refractivity contribution in [2.24, 2.45) is 5.16 Å². The molecule has 0 fully saturated rings. The Morgan fingerprint density at radius 1 is 1.08 bits per heavy atom. The molecule has 0 radical (unpaired) electrons. The third kappa shape index (κ3) is 4.62. The van der Waals surface area contributed by atoms with Gasteiger partial charge in [-0.25, -0.2) is 0 Å². The van der Waals surface area contributed by atoms with Crippen LogP contribution in [0.2, 0.25) is 0 Å². The molecule has 0 unspecified atom stereocenters. The largest absolute Gasteiger partial charge is 0.507 e. The van der Waals surface area contributed by atoms with Crippen LogP contribution in [-0.4, -0.2) is 26.5 Å². The monoisotopic (exact) mass is 354 g/mol. The number of aromatic nitrogens is 1. The van der Waals surface area contributed by atoms with Gasteiger partial charge in [0, 0.05) is 11.8 Å². The molecule has 0 bridgehead atoms. The van der Waals surface area contributed by atoms with Crippen LogP contribution < -0.4 is 0 Å². The number of oxime groups is 1. The van der Waals surface area contributed by atoms with Crippen LogP contribution in [-0.2, 0) is 11.0 Å². The molecule has 0 aliphatic heterocycles. The van der Waals surface area contributed by atoms with E-state index in [-0.39, 0.29) is 22.7 Å². The SMILES string of the molecule is CC(C)(C)O/N=C(\c1cc(C(F)(F)F)ccc1O)c1ncccc1O. The number of aromatic hydroxyl groups is 2. The third-order valence-corrected chi connectivity index (χ3v) is 3.00. The molecule has 0 amide bonds. The van der Waals surface area contributed by atoms with Crippen molar-refractivity contribution in [1.82, 2.24) is 4.98 Å². The fourth-order valence-corrected chi connectivity index (χ4v) is 1.88. The van der Waals surface area contributed by atoms with E-state index in [1.807, 2.05) is 0 Å². The van der Waals surface area contributed by atoms with Crippen LogP contribution in [0.4, 0.5) is 13.2 Å². The molecule has 134 valence electrons. The molecule has 2 rings (SSSR count). The average molecular weight is 354 g/mol. The number of phenols is 1. The van der Waals surface area contributed by atoms with Gasteiger partial charge in [-0.15, -0.1) is 0 Å². The summed E-state index contributed by atoms with van der Waals surface area (Å²) in [6.45, 7) is 5.08. The van der Waals surface area contributed by atoms with Crippen LogP contribution in [0.3, 0.4) is 0 Å². The van der Waals surface area contributed by atoms with E-state index in [4.69, 9.17) is 4.84 Å². The molecular formula is C17H17F3N2O3. The molecule has 1 aromatic heterocycles. The van der Waals surface area contributed by atoms with E-state index in [9.17, 15) is 23.4 Å². The van der Waals surface area contributed by atoms with Crippen LogP contribution in [0.1, 0.15) is 37.6 Å².